The molecule has 0 unspecified atom stereocenters. The van der Waals surface area contributed by atoms with E-state index in [4.69, 9.17) is 16.3 Å². The van der Waals surface area contributed by atoms with Crippen LogP contribution in [-0.4, -0.2) is 29.8 Å². The Bertz CT molecular complexity index is 388. The number of carbonyl (C=O) groups excluding carboxylic acids is 1. The molecule has 1 aromatic carbocycles. The molecule has 94 valence electrons. The van der Waals surface area contributed by atoms with Crippen LogP contribution in [0.25, 0.3) is 0 Å². The Labute approximate surface area is 106 Å². The standard InChI is InChI=1S/C12H16ClNO3/c1-12(2,16)8-14-11(15)7-17-10-5-3-4-9(13)6-10/h3-6,16H,7-8H2,1-2H3,(H,14,15). The van der Waals surface area contributed by atoms with Gasteiger partial charge in [0.2, 0.25) is 0 Å². The third-order valence-corrected chi connectivity index (χ3v) is 2.12. The Balaban J connectivity index is 2.33. The molecule has 1 rings (SSSR count). The fraction of sp³-hybridized carbons (Fsp3) is 0.417. The van der Waals surface area contributed by atoms with Crippen molar-refractivity contribution < 1.29 is 14.6 Å². The van der Waals surface area contributed by atoms with E-state index in [1.54, 1.807) is 38.1 Å². The van der Waals surface area contributed by atoms with E-state index in [9.17, 15) is 9.90 Å². The average molecular weight is 258 g/mol. The van der Waals surface area contributed by atoms with Crippen molar-refractivity contribution in [2.24, 2.45) is 0 Å². The van der Waals surface area contributed by atoms with Crippen molar-refractivity contribution in [3.8, 4) is 5.75 Å². The van der Waals surface area contributed by atoms with Crippen LogP contribution in [-0.2, 0) is 4.79 Å². The molecule has 1 amide bonds. The molecule has 5 heteroatoms. The van der Waals surface area contributed by atoms with E-state index >= 15 is 0 Å². The Hall–Kier alpha value is -1.26. The average Bonchev–Trinajstić information content (AvgIpc) is 2.23. The van der Waals surface area contributed by atoms with Crippen LogP contribution in [0.15, 0.2) is 24.3 Å². The van der Waals surface area contributed by atoms with Gasteiger partial charge in [0.05, 0.1) is 5.60 Å². The van der Waals surface area contributed by atoms with Crippen molar-refractivity contribution in [2.75, 3.05) is 13.2 Å². The lowest BCUT2D eigenvalue weighted by Gasteiger charge is -2.17. The van der Waals surface area contributed by atoms with E-state index in [2.05, 4.69) is 5.32 Å². The molecule has 0 aliphatic heterocycles. The SMILES string of the molecule is CC(C)(O)CNC(=O)COc1cccc(Cl)c1. The summed E-state index contributed by atoms with van der Waals surface area (Å²) >= 11 is 5.77. The number of ether oxygens (including phenoxy) is 1. The zero-order valence-corrected chi connectivity index (χ0v) is 10.6. The van der Waals surface area contributed by atoms with Gasteiger partial charge in [-0.2, -0.15) is 0 Å². The van der Waals surface area contributed by atoms with Crippen molar-refractivity contribution in [3.05, 3.63) is 29.3 Å². The number of benzene rings is 1. The molecule has 0 saturated carbocycles. The molecular weight excluding hydrogens is 242 g/mol. The molecule has 0 radical (unpaired) electrons. The van der Waals surface area contributed by atoms with Crippen LogP contribution in [0.1, 0.15) is 13.8 Å². The first-order valence-electron chi connectivity index (χ1n) is 5.24. The summed E-state index contributed by atoms with van der Waals surface area (Å²) in [5.74, 6) is 0.253. The third kappa shape index (κ3) is 6.14. The second-order valence-corrected chi connectivity index (χ2v) is 4.77. The summed E-state index contributed by atoms with van der Waals surface area (Å²) in [7, 11) is 0. The van der Waals surface area contributed by atoms with Crippen molar-refractivity contribution in [2.45, 2.75) is 19.4 Å². The molecule has 0 spiro atoms. The highest BCUT2D eigenvalue weighted by atomic mass is 35.5. The predicted octanol–water partition coefficient (Wildman–Crippen LogP) is 1.61. The van der Waals surface area contributed by atoms with E-state index in [1.165, 1.54) is 0 Å². The van der Waals surface area contributed by atoms with Crippen LogP contribution in [0.2, 0.25) is 5.02 Å². The highest BCUT2D eigenvalue weighted by Gasteiger charge is 2.13. The van der Waals surface area contributed by atoms with Gasteiger partial charge in [-0.05, 0) is 32.0 Å². The number of nitrogens with one attached hydrogen (secondary N) is 1. The zero-order chi connectivity index (χ0) is 12.9. The Morgan fingerprint density at radius 2 is 2.24 bits per heavy atom. The quantitative estimate of drug-likeness (QED) is 0.843. The van der Waals surface area contributed by atoms with Gasteiger partial charge < -0.3 is 15.2 Å². The van der Waals surface area contributed by atoms with Crippen LogP contribution in [0.4, 0.5) is 0 Å². The summed E-state index contributed by atoms with van der Waals surface area (Å²) in [5.41, 5.74) is -0.925. The zero-order valence-electron chi connectivity index (χ0n) is 9.87. The fourth-order valence-electron chi connectivity index (χ4n) is 1.07. The van der Waals surface area contributed by atoms with E-state index in [0.717, 1.165) is 0 Å². The highest BCUT2D eigenvalue weighted by molar-refractivity contribution is 6.30. The molecule has 17 heavy (non-hydrogen) atoms. The Kier molecular flexibility index (Phi) is 4.78. The van der Waals surface area contributed by atoms with Gasteiger partial charge in [-0.25, -0.2) is 0 Å². The Morgan fingerprint density at radius 3 is 2.82 bits per heavy atom. The summed E-state index contributed by atoms with van der Waals surface area (Å²) in [5, 5.41) is 12.5. The van der Waals surface area contributed by atoms with E-state index < -0.39 is 5.60 Å². The molecule has 2 N–H and O–H groups in total. The minimum Gasteiger partial charge on any atom is -0.484 e. The predicted molar refractivity (Wildman–Crippen MR) is 66.3 cm³/mol. The Morgan fingerprint density at radius 1 is 1.53 bits per heavy atom. The van der Waals surface area contributed by atoms with Gasteiger partial charge in [0, 0.05) is 11.6 Å². The molecule has 0 aliphatic rings. The van der Waals surface area contributed by atoms with Gasteiger partial charge >= 0.3 is 0 Å². The second kappa shape index (κ2) is 5.89. The summed E-state index contributed by atoms with van der Waals surface area (Å²) in [6.45, 7) is 3.32. The molecular formula is C12H16ClNO3. The molecule has 0 aromatic heterocycles. The molecule has 0 heterocycles. The molecule has 1 aromatic rings. The van der Waals surface area contributed by atoms with Crippen LogP contribution >= 0.6 is 11.6 Å². The monoisotopic (exact) mass is 257 g/mol. The number of carbonyl (C=O) groups is 1. The smallest absolute Gasteiger partial charge is 0.258 e. The lowest BCUT2D eigenvalue weighted by molar-refractivity contribution is -0.124. The molecule has 0 fully saturated rings. The maximum atomic E-state index is 11.4. The number of aliphatic hydroxyl groups is 1. The summed E-state index contributed by atoms with van der Waals surface area (Å²) in [6, 6.07) is 6.81. The van der Waals surface area contributed by atoms with Gasteiger partial charge in [0.1, 0.15) is 5.75 Å². The summed E-state index contributed by atoms with van der Waals surface area (Å²) in [6.07, 6.45) is 0. The molecule has 0 saturated heterocycles. The minimum atomic E-state index is -0.925. The van der Waals surface area contributed by atoms with Crippen LogP contribution in [0.5, 0.6) is 5.75 Å². The van der Waals surface area contributed by atoms with Gasteiger partial charge in [0.15, 0.2) is 6.61 Å². The summed E-state index contributed by atoms with van der Waals surface area (Å²) in [4.78, 5) is 11.4. The highest BCUT2D eigenvalue weighted by Crippen LogP contribution is 2.16. The van der Waals surface area contributed by atoms with Gasteiger partial charge in [-0.15, -0.1) is 0 Å². The lowest BCUT2D eigenvalue weighted by atomic mass is 10.1. The maximum absolute atomic E-state index is 11.4. The molecule has 0 aliphatic carbocycles. The van der Waals surface area contributed by atoms with E-state index in [1.807, 2.05) is 0 Å². The summed E-state index contributed by atoms with van der Waals surface area (Å²) < 4.78 is 5.24. The molecule has 4 nitrogen and oxygen atoms in total. The van der Waals surface area contributed by atoms with Crippen LogP contribution in [0.3, 0.4) is 0 Å². The maximum Gasteiger partial charge on any atom is 0.258 e. The van der Waals surface area contributed by atoms with Gasteiger partial charge in [0.25, 0.3) is 5.91 Å². The van der Waals surface area contributed by atoms with Gasteiger partial charge in [-0.3, -0.25) is 4.79 Å². The van der Waals surface area contributed by atoms with Crippen LogP contribution < -0.4 is 10.1 Å². The number of halogens is 1. The normalized spacial score (nSPS) is 11.1. The minimum absolute atomic E-state index is 0.101. The van der Waals surface area contributed by atoms with Crippen molar-refractivity contribution in [1.82, 2.24) is 5.32 Å². The number of rotatable bonds is 5. The molecule has 0 atom stereocenters. The third-order valence-electron chi connectivity index (χ3n) is 1.88. The van der Waals surface area contributed by atoms with Gasteiger partial charge in [-0.1, -0.05) is 17.7 Å². The van der Waals surface area contributed by atoms with Crippen LogP contribution in [0, 0.1) is 0 Å². The van der Waals surface area contributed by atoms with Crippen molar-refractivity contribution in [3.63, 3.8) is 0 Å². The first-order valence-corrected chi connectivity index (χ1v) is 5.62. The first-order chi connectivity index (χ1) is 7.87. The van der Waals surface area contributed by atoms with E-state index in [-0.39, 0.29) is 19.1 Å². The largest absolute Gasteiger partial charge is 0.484 e. The van der Waals surface area contributed by atoms with Crippen molar-refractivity contribution >= 4 is 17.5 Å². The lowest BCUT2D eigenvalue weighted by Crippen LogP contribution is -2.40. The number of hydrogen-bond acceptors (Lipinski definition) is 3. The second-order valence-electron chi connectivity index (χ2n) is 4.34. The van der Waals surface area contributed by atoms with E-state index in [0.29, 0.717) is 10.8 Å². The number of hydrogen-bond donors (Lipinski definition) is 2. The fourth-order valence-corrected chi connectivity index (χ4v) is 1.25. The molecule has 0 bridgehead atoms. The first kappa shape index (κ1) is 13.8. The number of amides is 1. The van der Waals surface area contributed by atoms with Crippen molar-refractivity contribution in [1.29, 1.82) is 0 Å². The topological polar surface area (TPSA) is 58.6 Å².